The number of nitrogens with two attached hydrogens (primary N) is 1. The first-order valence-corrected chi connectivity index (χ1v) is 6.58. The van der Waals surface area contributed by atoms with Gasteiger partial charge in [0.05, 0.1) is 4.92 Å². The first-order chi connectivity index (χ1) is 9.18. The van der Waals surface area contributed by atoms with E-state index >= 15 is 0 Å². The third kappa shape index (κ3) is 3.41. The van der Waals surface area contributed by atoms with Crippen molar-refractivity contribution in [3.8, 4) is 0 Å². The fraction of sp³-hybridized carbons (Fsp3) is 0.167. The second-order valence-corrected chi connectivity index (χ2v) is 4.81. The number of hydrogen-bond acceptors (Lipinski definition) is 6. The number of nitrogen functional groups attached to an aromatic ring is 1. The van der Waals surface area contributed by atoms with Crippen molar-refractivity contribution in [1.29, 1.82) is 0 Å². The number of thioether (sulfide) groups is 1. The Morgan fingerprint density at radius 3 is 2.74 bits per heavy atom. The highest BCUT2D eigenvalue weighted by atomic mass is 32.2. The van der Waals surface area contributed by atoms with E-state index in [9.17, 15) is 10.1 Å². The van der Waals surface area contributed by atoms with Crippen molar-refractivity contribution >= 4 is 23.3 Å². The molecule has 7 heteroatoms. The molecule has 0 saturated heterocycles. The summed E-state index contributed by atoms with van der Waals surface area (Å²) in [6.07, 6.45) is 3.68. The largest absolute Gasteiger partial charge is 0.381 e. The van der Waals surface area contributed by atoms with Gasteiger partial charge in [-0.15, -0.1) is 11.8 Å². The Kier molecular flexibility index (Phi) is 4.30. The van der Waals surface area contributed by atoms with Crippen LogP contribution in [0.3, 0.4) is 0 Å². The van der Waals surface area contributed by atoms with E-state index < -0.39 is 0 Å². The molecule has 0 saturated carbocycles. The second kappa shape index (κ2) is 6.14. The van der Waals surface area contributed by atoms with Gasteiger partial charge in [0, 0.05) is 29.8 Å². The molecular formula is C12H12N4O2S. The molecule has 0 atom stereocenters. The Hall–Kier alpha value is -2.15. The summed E-state index contributed by atoms with van der Waals surface area (Å²) in [5.74, 6) is 1.04. The summed E-state index contributed by atoms with van der Waals surface area (Å²) in [5, 5.41) is 11.5. The van der Waals surface area contributed by atoms with E-state index in [1.165, 1.54) is 24.0 Å². The van der Waals surface area contributed by atoms with E-state index in [4.69, 9.17) is 5.73 Å². The SMILES string of the molecule is Nc1nccnc1SCCc1ccccc1[N+](=O)[O-]. The van der Waals surface area contributed by atoms with Crippen molar-refractivity contribution in [1.82, 2.24) is 9.97 Å². The van der Waals surface area contributed by atoms with Crippen LogP contribution in [0.1, 0.15) is 5.56 Å². The van der Waals surface area contributed by atoms with Crippen molar-refractivity contribution in [2.45, 2.75) is 11.4 Å². The van der Waals surface area contributed by atoms with E-state index in [1.54, 1.807) is 24.4 Å². The van der Waals surface area contributed by atoms with Gasteiger partial charge in [-0.05, 0) is 6.42 Å². The van der Waals surface area contributed by atoms with Crippen LogP contribution >= 0.6 is 11.8 Å². The third-order valence-corrected chi connectivity index (χ3v) is 3.49. The minimum absolute atomic E-state index is 0.148. The Balaban J connectivity index is 2.00. The van der Waals surface area contributed by atoms with Crippen molar-refractivity contribution < 1.29 is 4.92 Å². The summed E-state index contributed by atoms with van der Waals surface area (Å²) >= 11 is 1.44. The molecule has 19 heavy (non-hydrogen) atoms. The van der Waals surface area contributed by atoms with Gasteiger partial charge in [-0.1, -0.05) is 18.2 Å². The normalized spacial score (nSPS) is 10.3. The number of nitrogens with zero attached hydrogens (tertiary/aromatic N) is 3. The molecule has 98 valence electrons. The number of para-hydroxylation sites is 1. The Bertz CT molecular complexity index is 591. The van der Waals surface area contributed by atoms with Gasteiger partial charge in [-0.25, -0.2) is 9.97 Å². The van der Waals surface area contributed by atoms with Crippen molar-refractivity contribution in [2.24, 2.45) is 0 Å². The van der Waals surface area contributed by atoms with E-state index in [-0.39, 0.29) is 10.6 Å². The van der Waals surface area contributed by atoms with Crippen molar-refractivity contribution in [3.63, 3.8) is 0 Å². The maximum Gasteiger partial charge on any atom is 0.272 e. The Labute approximate surface area is 114 Å². The molecule has 0 bridgehead atoms. The minimum atomic E-state index is -0.364. The molecule has 0 fully saturated rings. The van der Waals surface area contributed by atoms with Crippen LogP contribution in [0.2, 0.25) is 0 Å². The predicted octanol–water partition coefficient (Wildman–Crippen LogP) is 2.30. The fourth-order valence-corrected chi connectivity index (χ4v) is 2.46. The zero-order valence-corrected chi connectivity index (χ0v) is 10.8. The Morgan fingerprint density at radius 1 is 1.26 bits per heavy atom. The predicted molar refractivity (Wildman–Crippen MR) is 74.0 cm³/mol. The number of hydrogen-bond donors (Lipinski definition) is 1. The molecule has 0 unspecified atom stereocenters. The summed E-state index contributed by atoms with van der Waals surface area (Å²) < 4.78 is 0. The zero-order valence-electron chi connectivity index (χ0n) is 10.0. The highest BCUT2D eigenvalue weighted by Gasteiger charge is 2.12. The van der Waals surface area contributed by atoms with Gasteiger partial charge in [-0.3, -0.25) is 10.1 Å². The Morgan fingerprint density at radius 2 is 2.00 bits per heavy atom. The van der Waals surface area contributed by atoms with Crippen LogP contribution < -0.4 is 5.73 Å². The first-order valence-electron chi connectivity index (χ1n) is 5.60. The molecular weight excluding hydrogens is 264 g/mol. The van der Waals surface area contributed by atoms with E-state index in [0.717, 1.165) is 0 Å². The van der Waals surface area contributed by atoms with Crippen molar-refractivity contribution in [3.05, 3.63) is 52.3 Å². The van der Waals surface area contributed by atoms with Gasteiger partial charge in [0.1, 0.15) is 5.03 Å². The summed E-state index contributed by atoms with van der Waals surface area (Å²) in [6.45, 7) is 0. The number of rotatable bonds is 5. The molecule has 0 amide bonds. The topological polar surface area (TPSA) is 94.9 Å². The summed E-state index contributed by atoms with van der Waals surface area (Å²) in [6, 6.07) is 6.73. The monoisotopic (exact) mass is 276 g/mol. The van der Waals surface area contributed by atoms with Crippen LogP contribution in [-0.4, -0.2) is 20.6 Å². The molecule has 0 aliphatic heterocycles. The molecule has 0 spiro atoms. The average molecular weight is 276 g/mol. The first kappa shape index (κ1) is 13.3. The van der Waals surface area contributed by atoms with Gasteiger partial charge >= 0.3 is 0 Å². The van der Waals surface area contributed by atoms with Gasteiger partial charge < -0.3 is 5.73 Å². The lowest BCUT2D eigenvalue weighted by molar-refractivity contribution is -0.385. The molecule has 0 aliphatic carbocycles. The van der Waals surface area contributed by atoms with E-state index in [0.29, 0.717) is 28.6 Å². The third-order valence-electron chi connectivity index (χ3n) is 2.49. The zero-order chi connectivity index (χ0) is 13.7. The van der Waals surface area contributed by atoms with Crippen LogP contribution in [0.5, 0.6) is 0 Å². The van der Waals surface area contributed by atoms with Crippen LogP contribution in [-0.2, 0) is 6.42 Å². The lowest BCUT2D eigenvalue weighted by Gasteiger charge is -2.04. The number of aromatic nitrogens is 2. The minimum Gasteiger partial charge on any atom is -0.381 e. The highest BCUT2D eigenvalue weighted by Crippen LogP contribution is 2.24. The van der Waals surface area contributed by atoms with Gasteiger partial charge in [0.2, 0.25) is 0 Å². The molecule has 0 radical (unpaired) electrons. The van der Waals surface area contributed by atoms with Crippen LogP contribution in [0.25, 0.3) is 0 Å². The maximum absolute atomic E-state index is 10.9. The van der Waals surface area contributed by atoms with Gasteiger partial charge in [-0.2, -0.15) is 0 Å². The van der Waals surface area contributed by atoms with E-state index in [2.05, 4.69) is 9.97 Å². The number of nitro groups is 1. The summed E-state index contributed by atoms with van der Waals surface area (Å²) in [4.78, 5) is 18.5. The highest BCUT2D eigenvalue weighted by molar-refractivity contribution is 7.99. The van der Waals surface area contributed by atoms with Gasteiger partial charge in [0.25, 0.3) is 5.69 Å². The molecule has 2 rings (SSSR count). The van der Waals surface area contributed by atoms with E-state index in [1.807, 2.05) is 0 Å². The molecule has 1 aromatic carbocycles. The molecule has 1 heterocycles. The van der Waals surface area contributed by atoms with Crippen molar-refractivity contribution in [2.75, 3.05) is 11.5 Å². The number of anilines is 1. The van der Waals surface area contributed by atoms with Crippen LogP contribution in [0, 0.1) is 10.1 Å². The fourth-order valence-electron chi connectivity index (χ4n) is 1.61. The standard InChI is InChI=1S/C12H12N4O2S/c13-11-12(15-7-6-14-11)19-8-5-9-3-1-2-4-10(9)16(17)18/h1-4,6-7H,5,8H2,(H2,13,14). The molecule has 1 aromatic heterocycles. The lowest BCUT2D eigenvalue weighted by Crippen LogP contribution is -1.99. The summed E-state index contributed by atoms with van der Waals surface area (Å²) in [5.41, 5.74) is 6.53. The maximum atomic E-state index is 10.9. The number of aryl methyl sites for hydroxylation is 1. The number of benzene rings is 1. The van der Waals surface area contributed by atoms with Gasteiger partial charge in [0.15, 0.2) is 5.82 Å². The smallest absolute Gasteiger partial charge is 0.272 e. The molecule has 2 aromatic rings. The van der Waals surface area contributed by atoms with Crippen LogP contribution in [0.15, 0.2) is 41.7 Å². The molecule has 0 aliphatic rings. The quantitative estimate of drug-likeness (QED) is 0.511. The number of nitro benzene ring substituents is 1. The molecule has 6 nitrogen and oxygen atoms in total. The summed E-state index contributed by atoms with van der Waals surface area (Å²) in [7, 11) is 0. The molecule has 2 N–H and O–H groups in total. The van der Waals surface area contributed by atoms with Crippen LogP contribution in [0.4, 0.5) is 11.5 Å². The average Bonchev–Trinajstić information content (AvgIpc) is 2.41. The second-order valence-electron chi connectivity index (χ2n) is 3.73. The lowest BCUT2D eigenvalue weighted by atomic mass is 10.1.